The summed E-state index contributed by atoms with van der Waals surface area (Å²) in [6.07, 6.45) is 1.63. The lowest BCUT2D eigenvalue weighted by Gasteiger charge is -2.43. The Hall–Kier alpha value is -3.77. The SMILES string of the molecule is Cc1ccc(C(=O)[C@H]2[C@@H]3CCCN3[C@]3(C(=O)Nc4c(C)cc(C)cc43)[C@]23C(=O)Nc2ccccc23)cc1. The number of carbonyl (C=O) groups excluding carboxylic acids is 3. The van der Waals surface area contributed by atoms with Crippen LogP contribution in [0.2, 0.25) is 0 Å². The highest BCUT2D eigenvalue weighted by molar-refractivity contribution is 6.21. The Bertz CT molecular complexity index is 1530. The number of aryl methyl sites for hydroxylation is 3. The molecular weight excluding hydrogens is 462 g/mol. The molecule has 2 N–H and O–H groups in total. The van der Waals surface area contributed by atoms with Crippen molar-refractivity contribution in [2.24, 2.45) is 5.92 Å². The molecule has 0 radical (unpaired) electrons. The normalized spacial score (nSPS) is 29.4. The maximum Gasteiger partial charge on any atom is 0.251 e. The number of benzene rings is 3. The Morgan fingerprint density at radius 2 is 1.65 bits per heavy atom. The Morgan fingerprint density at radius 3 is 2.43 bits per heavy atom. The number of amides is 2. The van der Waals surface area contributed by atoms with Crippen molar-refractivity contribution in [1.82, 2.24) is 4.90 Å². The van der Waals surface area contributed by atoms with Crippen LogP contribution in [0.3, 0.4) is 0 Å². The van der Waals surface area contributed by atoms with Gasteiger partial charge in [0.1, 0.15) is 11.0 Å². The first-order chi connectivity index (χ1) is 17.8. The zero-order valence-electron chi connectivity index (χ0n) is 21.2. The summed E-state index contributed by atoms with van der Waals surface area (Å²) < 4.78 is 0. The van der Waals surface area contributed by atoms with Crippen LogP contribution in [0, 0.1) is 26.7 Å². The molecule has 4 atom stereocenters. The van der Waals surface area contributed by atoms with E-state index in [2.05, 4.69) is 21.6 Å². The Labute approximate surface area is 216 Å². The highest BCUT2D eigenvalue weighted by atomic mass is 16.2. The standard InChI is InChI=1S/C31H29N3O3/c1-17-10-12-20(13-11-17)27(35)25-24-9-6-14-34(24)31(22-16-18(2)15-19(3)26(22)33-29(31)37)30(25)21-7-4-5-8-23(21)32-28(30)36/h4-5,7-8,10-13,15-16,24-25H,6,9,14H2,1-3H3,(H,32,36)(H,33,37)/t24-,25+,30-,31+/m0/s1. The second kappa shape index (κ2) is 7.39. The molecule has 0 saturated carbocycles. The van der Waals surface area contributed by atoms with Gasteiger partial charge in [-0.3, -0.25) is 19.3 Å². The van der Waals surface area contributed by atoms with Crippen LogP contribution in [-0.4, -0.2) is 35.1 Å². The van der Waals surface area contributed by atoms with Gasteiger partial charge in [-0.1, -0.05) is 65.7 Å². The fraction of sp³-hybridized carbons (Fsp3) is 0.323. The van der Waals surface area contributed by atoms with Crippen molar-refractivity contribution in [2.75, 3.05) is 17.2 Å². The van der Waals surface area contributed by atoms with Gasteiger partial charge in [-0.15, -0.1) is 0 Å². The monoisotopic (exact) mass is 491 g/mol. The molecule has 37 heavy (non-hydrogen) atoms. The van der Waals surface area contributed by atoms with E-state index in [1.165, 1.54) is 0 Å². The van der Waals surface area contributed by atoms with Gasteiger partial charge in [0, 0.05) is 28.5 Å². The van der Waals surface area contributed by atoms with E-state index in [-0.39, 0.29) is 23.6 Å². The first-order valence-corrected chi connectivity index (χ1v) is 13.0. The summed E-state index contributed by atoms with van der Waals surface area (Å²) in [5.41, 5.74) is 3.92. The van der Waals surface area contributed by atoms with E-state index in [1.807, 2.05) is 75.4 Å². The third-order valence-corrected chi connectivity index (χ3v) is 9.17. The zero-order valence-corrected chi connectivity index (χ0v) is 21.2. The molecule has 4 aliphatic rings. The van der Waals surface area contributed by atoms with Crippen molar-refractivity contribution >= 4 is 29.0 Å². The van der Waals surface area contributed by atoms with Crippen LogP contribution < -0.4 is 10.6 Å². The third-order valence-electron chi connectivity index (χ3n) is 9.17. The highest BCUT2D eigenvalue weighted by Crippen LogP contribution is 2.68. The molecule has 2 fully saturated rings. The molecule has 0 aliphatic carbocycles. The van der Waals surface area contributed by atoms with Crippen molar-refractivity contribution < 1.29 is 14.4 Å². The number of rotatable bonds is 2. The first kappa shape index (κ1) is 22.4. The Kier molecular flexibility index (Phi) is 4.48. The molecule has 0 aromatic heterocycles. The van der Waals surface area contributed by atoms with Crippen LogP contribution in [0.4, 0.5) is 11.4 Å². The lowest BCUT2D eigenvalue weighted by atomic mass is 9.57. The number of carbonyl (C=O) groups is 3. The first-order valence-electron chi connectivity index (χ1n) is 13.0. The lowest BCUT2D eigenvalue weighted by molar-refractivity contribution is -0.137. The maximum absolute atomic E-state index is 14.6. The van der Waals surface area contributed by atoms with Gasteiger partial charge in [0.15, 0.2) is 5.78 Å². The number of nitrogens with zero attached hydrogens (tertiary/aromatic N) is 1. The molecule has 2 amide bonds. The quantitative estimate of drug-likeness (QED) is 0.513. The van der Waals surface area contributed by atoms with Crippen molar-refractivity contribution in [3.05, 3.63) is 94.0 Å². The molecule has 6 nitrogen and oxygen atoms in total. The molecule has 186 valence electrons. The maximum atomic E-state index is 14.6. The average molecular weight is 492 g/mol. The molecule has 3 aromatic carbocycles. The molecule has 4 aliphatic heterocycles. The van der Waals surface area contributed by atoms with E-state index < -0.39 is 16.9 Å². The van der Waals surface area contributed by atoms with Crippen LogP contribution in [0.15, 0.2) is 60.7 Å². The number of nitrogens with one attached hydrogen (secondary N) is 2. The van der Waals surface area contributed by atoms with Gasteiger partial charge < -0.3 is 10.6 Å². The molecule has 0 unspecified atom stereocenters. The number of hydrogen-bond acceptors (Lipinski definition) is 4. The average Bonchev–Trinajstić information content (AvgIpc) is 3.59. The van der Waals surface area contributed by atoms with E-state index in [0.717, 1.165) is 46.3 Å². The second-order valence-corrected chi connectivity index (χ2v) is 11.1. The van der Waals surface area contributed by atoms with Gasteiger partial charge in [0.05, 0.1) is 5.92 Å². The minimum Gasteiger partial charge on any atom is -0.325 e. The summed E-state index contributed by atoms with van der Waals surface area (Å²) >= 11 is 0. The molecule has 6 heteroatoms. The van der Waals surface area contributed by atoms with Crippen LogP contribution >= 0.6 is 0 Å². The second-order valence-electron chi connectivity index (χ2n) is 11.1. The predicted molar refractivity (Wildman–Crippen MR) is 142 cm³/mol. The molecule has 3 aromatic rings. The topological polar surface area (TPSA) is 78.5 Å². The van der Waals surface area contributed by atoms with Crippen molar-refractivity contribution in [2.45, 2.75) is 50.6 Å². The zero-order chi connectivity index (χ0) is 25.7. The van der Waals surface area contributed by atoms with Gasteiger partial charge in [0.2, 0.25) is 5.91 Å². The Morgan fingerprint density at radius 1 is 0.892 bits per heavy atom. The summed E-state index contributed by atoms with van der Waals surface area (Å²) in [6, 6.07) is 19.0. The minimum absolute atomic E-state index is 0.0775. The van der Waals surface area contributed by atoms with Crippen LogP contribution in [0.25, 0.3) is 0 Å². The number of ketones is 1. The summed E-state index contributed by atoms with van der Waals surface area (Å²) in [5, 5.41) is 6.27. The largest absolute Gasteiger partial charge is 0.325 e. The van der Waals surface area contributed by atoms with Crippen LogP contribution in [0.5, 0.6) is 0 Å². The number of anilines is 2. The van der Waals surface area contributed by atoms with E-state index in [1.54, 1.807) is 0 Å². The summed E-state index contributed by atoms with van der Waals surface area (Å²) in [7, 11) is 0. The molecule has 2 spiro atoms. The summed E-state index contributed by atoms with van der Waals surface area (Å²) in [5.74, 6) is -1.27. The number of hydrogen-bond donors (Lipinski definition) is 2. The van der Waals surface area contributed by atoms with Crippen molar-refractivity contribution in [1.29, 1.82) is 0 Å². The molecule has 7 rings (SSSR count). The van der Waals surface area contributed by atoms with Crippen molar-refractivity contribution in [3.63, 3.8) is 0 Å². The fourth-order valence-corrected chi connectivity index (χ4v) is 7.93. The predicted octanol–water partition coefficient (Wildman–Crippen LogP) is 4.63. The van der Waals surface area contributed by atoms with Gasteiger partial charge in [-0.05, 0) is 57.4 Å². The van der Waals surface area contributed by atoms with Gasteiger partial charge in [-0.25, -0.2) is 0 Å². The highest BCUT2D eigenvalue weighted by Gasteiger charge is 2.81. The van der Waals surface area contributed by atoms with Crippen LogP contribution in [-0.2, 0) is 20.5 Å². The van der Waals surface area contributed by atoms with E-state index in [9.17, 15) is 14.4 Å². The number of fused-ring (bicyclic) bond motifs is 7. The lowest BCUT2D eigenvalue weighted by Crippen LogP contribution is -2.62. The van der Waals surface area contributed by atoms with Gasteiger partial charge in [0.25, 0.3) is 5.91 Å². The van der Waals surface area contributed by atoms with E-state index in [4.69, 9.17) is 0 Å². The minimum atomic E-state index is -1.40. The van der Waals surface area contributed by atoms with Crippen LogP contribution in [0.1, 0.15) is 51.0 Å². The molecule has 0 bridgehead atoms. The molecular formula is C31H29N3O3. The summed E-state index contributed by atoms with van der Waals surface area (Å²) in [4.78, 5) is 45.8. The molecule has 4 heterocycles. The van der Waals surface area contributed by atoms with Crippen molar-refractivity contribution in [3.8, 4) is 0 Å². The molecule has 2 saturated heterocycles. The van der Waals surface area contributed by atoms with E-state index >= 15 is 0 Å². The number of Topliss-reactive ketones (excluding diaryl/α,β-unsaturated/α-hetero) is 1. The van der Waals surface area contributed by atoms with Gasteiger partial charge >= 0.3 is 0 Å². The van der Waals surface area contributed by atoms with Gasteiger partial charge in [-0.2, -0.15) is 0 Å². The van der Waals surface area contributed by atoms with E-state index in [0.29, 0.717) is 17.8 Å². The summed E-state index contributed by atoms with van der Waals surface area (Å²) in [6.45, 7) is 6.65. The number of para-hydroxylation sites is 1. The third kappa shape index (κ3) is 2.51. The fourth-order valence-electron chi connectivity index (χ4n) is 7.93. The Balaban J connectivity index is 1.60. The smallest absolute Gasteiger partial charge is 0.251 e.